The molecule has 0 saturated heterocycles. The summed E-state index contributed by atoms with van der Waals surface area (Å²) < 4.78 is 10.6. The van der Waals surface area contributed by atoms with Gasteiger partial charge in [0.1, 0.15) is 17.2 Å². The predicted octanol–water partition coefficient (Wildman–Crippen LogP) is 3.81. The number of benzene rings is 2. The van der Waals surface area contributed by atoms with Crippen LogP contribution in [0.4, 0.5) is 11.4 Å². The van der Waals surface area contributed by atoms with Crippen LogP contribution in [0.25, 0.3) is 0 Å². The summed E-state index contributed by atoms with van der Waals surface area (Å²) in [4.78, 5) is 16.6. The number of carbonyl (C=O) groups is 1. The molecule has 3 rings (SSSR count). The van der Waals surface area contributed by atoms with Crippen molar-refractivity contribution in [3.8, 4) is 11.5 Å². The maximum absolute atomic E-state index is 12.4. The molecule has 1 amide bonds. The fourth-order valence-electron chi connectivity index (χ4n) is 2.81. The highest BCUT2D eigenvalue weighted by Crippen LogP contribution is 2.21. The van der Waals surface area contributed by atoms with Gasteiger partial charge in [-0.25, -0.2) is 0 Å². The molecular weight excluding hydrogens is 354 g/mol. The number of nitrogens with one attached hydrogen (secondary N) is 2. The molecule has 0 aliphatic carbocycles. The molecule has 6 nitrogen and oxygen atoms in total. The van der Waals surface area contributed by atoms with E-state index in [0.717, 1.165) is 28.4 Å². The first kappa shape index (κ1) is 19.2. The molecule has 0 aliphatic rings. The van der Waals surface area contributed by atoms with Gasteiger partial charge >= 0.3 is 0 Å². The Morgan fingerprint density at radius 3 is 2.61 bits per heavy atom. The molecule has 0 fully saturated rings. The van der Waals surface area contributed by atoms with Crippen LogP contribution in [0.2, 0.25) is 0 Å². The zero-order valence-corrected chi connectivity index (χ0v) is 15.9. The van der Waals surface area contributed by atoms with Crippen LogP contribution < -0.4 is 20.1 Å². The van der Waals surface area contributed by atoms with E-state index in [4.69, 9.17) is 9.47 Å². The molecule has 2 aromatic carbocycles. The third-order valence-electron chi connectivity index (χ3n) is 4.22. The van der Waals surface area contributed by atoms with E-state index in [1.165, 1.54) is 0 Å². The fourth-order valence-corrected chi connectivity index (χ4v) is 2.81. The molecule has 0 bridgehead atoms. The van der Waals surface area contributed by atoms with Crippen molar-refractivity contribution in [1.29, 1.82) is 0 Å². The molecular formula is C22H23N3O3. The van der Waals surface area contributed by atoms with E-state index in [2.05, 4.69) is 15.6 Å². The zero-order valence-electron chi connectivity index (χ0n) is 15.9. The Morgan fingerprint density at radius 2 is 1.79 bits per heavy atom. The average molecular weight is 377 g/mol. The number of anilines is 2. The van der Waals surface area contributed by atoms with Crippen LogP contribution in [0.1, 0.15) is 16.1 Å². The SMILES string of the molecule is COc1cccc(Nc2ccnc(C(=O)NCCc3ccccc3OC)c2)c1. The minimum atomic E-state index is -0.218. The van der Waals surface area contributed by atoms with Crippen LogP contribution in [0, 0.1) is 0 Å². The topological polar surface area (TPSA) is 72.5 Å². The molecule has 0 spiro atoms. The first-order valence-electron chi connectivity index (χ1n) is 8.97. The van der Waals surface area contributed by atoms with Gasteiger partial charge in [-0.05, 0) is 42.3 Å². The second-order valence-electron chi connectivity index (χ2n) is 6.10. The third-order valence-corrected chi connectivity index (χ3v) is 4.22. The first-order valence-corrected chi connectivity index (χ1v) is 8.97. The van der Waals surface area contributed by atoms with Crippen LogP contribution in [-0.2, 0) is 6.42 Å². The summed E-state index contributed by atoms with van der Waals surface area (Å²) in [6.45, 7) is 0.494. The molecule has 0 unspecified atom stereocenters. The predicted molar refractivity (Wildman–Crippen MR) is 110 cm³/mol. The summed E-state index contributed by atoms with van der Waals surface area (Å²) in [5, 5.41) is 6.16. The van der Waals surface area contributed by atoms with E-state index in [9.17, 15) is 4.79 Å². The van der Waals surface area contributed by atoms with Gasteiger partial charge in [-0.2, -0.15) is 0 Å². The first-order chi connectivity index (χ1) is 13.7. The Morgan fingerprint density at radius 1 is 0.964 bits per heavy atom. The number of methoxy groups -OCH3 is 2. The monoisotopic (exact) mass is 377 g/mol. The maximum Gasteiger partial charge on any atom is 0.269 e. The molecule has 0 atom stereocenters. The average Bonchev–Trinajstić information content (AvgIpc) is 2.74. The van der Waals surface area contributed by atoms with Crippen LogP contribution in [-0.4, -0.2) is 31.7 Å². The highest BCUT2D eigenvalue weighted by molar-refractivity contribution is 5.93. The van der Waals surface area contributed by atoms with Gasteiger partial charge < -0.3 is 20.1 Å². The number of aromatic nitrogens is 1. The normalized spacial score (nSPS) is 10.2. The molecule has 0 aliphatic heterocycles. The van der Waals surface area contributed by atoms with E-state index in [0.29, 0.717) is 18.7 Å². The number of para-hydroxylation sites is 1. The summed E-state index contributed by atoms with van der Waals surface area (Å²) in [6.07, 6.45) is 2.29. The third kappa shape index (κ3) is 5.01. The van der Waals surface area contributed by atoms with Crippen LogP contribution >= 0.6 is 0 Å². The Labute approximate surface area is 164 Å². The zero-order chi connectivity index (χ0) is 19.8. The van der Waals surface area contributed by atoms with Gasteiger partial charge in [0.15, 0.2) is 0 Å². The molecule has 0 saturated carbocycles. The fraction of sp³-hybridized carbons (Fsp3) is 0.182. The van der Waals surface area contributed by atoms with Gasteiger partial charge in [-0.15, -0.1) is 0 Å². The summed E-state index contributed by atoms with van der Waals surface area (Å²) >= 11 is 0. The van der Waals surface area contributed by atoms with Crippen molar-refractivity contribution in [2.75, 3.05) is 26.1 Å². The molecule has 28 heavy (non-hydrogen) atoms. The molecule has 144 valence electrons. The van der Waals surface area contributed by atoms with E-state index in [-0.39, 0.29) is 5.91 Å². The lowest BCUT2D eigenvalue weighted by atomic mass is 10.1. The van der Waals surface area contributed by atoms with Crippen molar-refractivity contribution >= 4 is 17.3 Å². The van der Waals surface area contributed by atoms with Crippen molar-refractivity contribution in [3.63, 3.8) is 0 Å². The molecule has 2 N–H and O–H groups in total. The van der Waals surface area contributed by atoms with E-state index in [1.54, 1.807) is 26.5 Å². The van der Waals surface area contributed by atoms with Crippen molar-refractivity contribution in [2.24, 2.45) is 0 Å². The highest BCUT2D eigenvalue weighted by atomic mass is 16.5. The minimum absolute atomic E-state index is 0.218. The van der Waals surface area contributed by atoms with E-state index in [1.807, 2.05) is 54.6 Å². The standard InChI is InChI=1S/C22H23N3O3/c1-27-19-8-5-7-17(14-19)25-18-11-13-23-20(15-18)22(26)24-12-10-16-6-3-4-9-21(16)28-2/h3-9,11,13-15H,10,12H2,1-2H3,(H,23,25)(H,24,26). The Hall–Kier alpha value is -3.54. The van der Waals surface area contributed by atoms with E-state index < -0.39 is 0 Å². The van der Waals surface area contributed by atoms with Crippen molar-refractivity contribution < 1.29 is 14.3 Å². The number of amides is 1. The second kappa shape index (κ2) is 9.41. The quantitative estimate of drug-likeness (QED) is 0.624. The molecule has 6 heteroatoms. The van der Waals surface area contributed by atoms with E-state index >= 15 is 0 Å². The van der Waals surface area contributed by atoms with Crippen LogP contribution in [0.15, 0.2) is 66.9 Å². The molecule has 1 heterocycles. The largest absolute Gasteiger partial charge is 0.497 e. The lowest BCUT2D eigenvalue weighted by molar-refractivity contribution is 0.0949. The van der Waals surface area contributed by atoms with Crippen molar-refractivity contribution in [1.82, 2.24) is 10.3 Å². The smallest absolute Gasteiger partial charge is 0.269 e. The number of pyridine rings is 1. The Balaban J connectivity index is 1.60. The number of carbonyl (C=O) groups excluding carboxylic acids is 1. The molecule has 3 aromatic rings. The van der Waals surface area contributed by atoms with Crippen molar-refractivity contribution in [2.45, 2.75) is 6.42 Å². The van der Waals surface area contributed by atoms with Crippen molar-refractivity contribution in [3.05, 3.63) is 78.1 Å². The Kier molecular flexibility index (Phi) is 6.46. The van der Waals surface area contributed by atoms with Gasteiger partial charge in [0.2, 0.25) is 0 Å². The van der Waals surface area contributed by atoms with Crippen LogP contribution in [0.3, 0.4) is 0 Å². The summed E-state index contributed by atoms with van der Waals surface area (Å²) in [5.74, 6) is 1.36. The molecule has 1 aromatic heterocycles. The number of rotatable bonds is 8. The molecule has 0 radical (unpaired) electrons. The second-order valence-corrected chi connectivity index (χ2v) is 6.10. The van der Waals surface area contributed by atoms with Gasteiger partial charge in [-0.3, -0.25) is 9.78 Å². The maximum atomic E-state index is 12.4. The summed E-state index contributed by atoms with van der Waals surface area (Å²) in [5.41, 5.74) is 3.05. The summed E-state index contributed by atoms with van der Waals surface area (Å²) in [6, 6.07) is 18.9. The van der Waals surface area contributed by atoms with Gasteiger partial charge in [0.25, 0.3) is 5.91 Å². The lowest BCUT2D eigenvalue weighted by Gasteiger charge is -2.10. The summed E-state index contributed by atoms with van der Waals surface area (Å²) in [7, 11) is 3.27. The minimum Gasteiger partial charge on any atom is -0.497 e. The Bertz CT molecular complexity index is 944. The van der Waals surface area contributed by atoms with Gasteiger partial charge in [-0.1, -0.05) is 24.3 Å². The number of ether oxygens (including phenoxy) is 2. The number of nitrogens with zero attached hydrogens (tertiary/aromatic N) is 1. The van der Waals surface area contributed by atoms with Gasteiger partial charge in [0.05, 0.1) is 14.2 Å². The lowest BCUT2D eigenvalue weighted by Crippen LogP contribution is -2.26. The van der Waals surface area contributed by atoms with Gasteiger partial charge in [0, 0.05) is 30.2 Å². The number of hydrogen-bond acceptors (Lipinski definition) is 5. The highest BCUT2D eigenvalue weighted by Gasteiger charge is 2.09. The number of hydrogen-bond donors (Lipinski definition) is 2. The van der Waals surface area contributed by atoms with Crippen LogP contribution in [0.5, 0.6) is 11.5 Å².